The maximum Gasteiger partial charge on any atom is 0.317 e. The number of aliphatic hydroxyl groups is 1. The lowest BCUT2D eigenvalue weighted by Crippen LogP contribution is -2.52. The minimum Gasteiger partial charge on any atom is -0.485 e. The molecule has 1 aromatic carbocycles. The van der Waals surface area contributed by atoms with Crippen molar-refractivity contribution in [2.45, 2.75) is 64.1 Å². The number of aliphatic hydroxyl groups excluding tert-OH is 1. The maximum atomic E-state index is 13.6. The van der Waals surface area contributed by atoms with Gasteiger partial charge in [0, 0.05) is 43.5 Å². The highest BCUT2D eigenvalue weighted by atomic mass is 16.5. The van der Waals surface area contributed by atoms with Crippen LogP contribution in [0, 0.1) is 5.92 Å². The number of ether oxygens (including phenoxy) is 1. The number of nitrogens with one attached hydrogen (secondary N) is 2. The van der Waals surface area contributed by atoms with E-state index in [1.54, 1.807) is 54.1 Å². The Hall–Kier alpha value is -3.66. The van der Waals surface area contributed by atoms with Crippen LogP contribution in [0.3, 0.4) is 0 Å². The molecule has 2 aromatic rings. The van der Waals surface area contributed by atoms with Crippen molar-refractivity contribution in [2.75, 3.05) is 32.1 Å². The number of benzene rings is 1. The van der Waals surface area contributed by atoms with Crippen LogP contribution in [0.2, 0.25) is 0 Å². The van der Waals surface area contributed by atoms with E-state index >= 15 is 0 Å². The zero-order chi connectivity index (χ0) is 27.9. The number of amides is 4. The van der Waals surface area contributed by atoms with Gasteiger partial charge in [-0.15, -0.1) is 0 Å². The van der Waals surface area contributed by atoms with Gasteiger partial charge in [-0.2, -0.15) is 0 Å². The number of pyridine rings is 1. The number of aromatic nitrogens is 1. The van der Waals surface area contributed by atoms with E-state index < -0.39 is 12.1 Å². The van der Waals surface area contributed by atoms with Crippen molar-refractivity contribution in [3.63, 3.8) is 0 Å². The Morgan fingerprint density at radius 1 is 1.18 bits per heavy atom. The van der Waals surface area contributed by atoms with Gasteiger partial charge < -0.3 is 30.3 Å². The molecule has 0 spiro atoms. The molecule has 3 N–H and O–H groups in total. The normalized spacial score (nSPS) is 20.6. The Bertz CT molecular complexity index is 1150. The molecule has 1 saturated carbocycles. The summed E-state index contributed by atoms with van der Waals surface area (Å²) in [6.45, 7) is 4.19. The molecule has 1 fully saturated rings. The summed E-state index contributed by atoms with van der Waals surface area (Å²) in [6, 6.07) is 7.83. The average Bonchev–Trinajstić information content (AvgIpc) is 2.95. The van der Waals surface area contributed by atoms with Gasteiger partial charge in [-0.1, -0.05) is 32.3 Å². The fourth-order valence-electron chi connectivity index (χ4n) is 5.14. The van der Waals surface area contributed by atoms with Crippen molar-refractivity contribution in [3.05, 3.63) is 53.9 Å². The molecule has 39 heavy (non-hydrogen) atoms. The molecule has 1 aromatic heterocycles. The highest BCUT2D eigenvalue weighted by Gasteiger charge is 2.35. The average molecular weight is 538 g/mol. The lowest BCUT2D eigenvalue weighted by atomic mass is 9.96. The molecule has 0 radical (unpaired) electrons. The summed E-state index contributed by atoms with van der Waals surface area (Å²) in [7, 11) is 1.74. The second kappa shape index (κ2) is 12.9. The van der Waals surface area contributed by atoms with Gasteiger partial charge in [-0.05, 0) is 44.0 Å². The Morgan fingerprint density at radius 2 is 1.90 bits per heavy atom. The largest absolute Gasteiger partial charge is 0.485 e. The summed E-state index contributed by atoms with van der Waals surface area (Å²) in [5, 5.41) is 15.9. The van der Waals surface area contributed by atoms with Crippen molar-refractivity contribution < 1.29 is 24.2 Å². The molecule has 2 heterocycles. The lowest BCUT2D eigenvalue weighted by Gasteiger charge is -2.38. The van der Waals surface area contributed by atoms with Crippen LogP contribution in [0.25, 0.3) is 0 Å². The third-order valence-corrected chi connectivity index (χ3v) is 7.62. The molecule has 10 nitrogen and oxygen atoms in total. The first-order chi connectivity index (χ1) is 18.8. The highest BCUT2D eigenvalue weighted by molar-refractivity contribution is 6.07. The monoisotopic (exact) mass is 537 g/mol. The third-order valence-electron chi connectivity index (χ3n) is 7.62. The lowest BCUT2D eigenvalue weighted by molar-refractivity contribution is 0.0367. The number of para-hydroxylation sites is 1. The van der Waals surface area contributed by atoms with Crippen LogP contribution in [0.4, 0.5) is 10.5 Å². The van der Waals surface area contributed by atoms with Gasteiger partial charge in [0.05, 0.1) is 30.4 Å². The predicted molar refractivity (Wildman–Crippen MR) is 148 cm³/mol. The number of anilines is 1. The van der Waals surface area contributed by atoms with Crippen molar-refractivity contribution >= 4 is 23.5 Å². The van der Waals surface area contributed by atoms with Gasteiger partial charge in [0.15, 0.2) is 5.75 Å². The van der Waals surface area contributed by atoms with Crippen LogP contribution in [-0.2, 0) is 0 Å². The molecule has 0 bridgehead atoms. The number of hydrogen-bond acceptors (Lipinski definition) is 6. The van der Waals surface area contributed by atoms with E-state index in [4.69, 9.17) is 4.74 Å². The number of rotatable bonds is 7. The number of carbonyl (C=O) groups is 3. The fraction of sp³-hybridized carbons (Fsp3) is 0.517. The third kappa shape index (κ3) is 6.86. The van der Waals surface area contributed by atoms with Gasteiger partial charge in [0.25, 0.3) is 11.8 Å². The molecule has 0 unspecified atom stereocenters. The number of urea groups is 1. The van der Waals surface area contributed by atoms with Crippen molar-refractivity contribution in [1.29, 1.82) is 0 Å². The summed E-state index contributed by atoms with van der Waals surface area (Å²) in [5.41, 5.74) is 1.06. The Morgan fingerprint density at radius 3 is 2.59 bits per heavy atom. The maximum absolute atomic E-state index is 13.6. The van der Waals surface area contributed by atoms with E-state index in [1.807, 2.05) is 6.92 Å². The molecule has 0 saturated heterocycles. The van der Waals surface area contributed by atoms with Crippen molar-refractivity contribution in [1.82, 2.24) is 20.1 Å². The summed E-state index contributed by atoms with van der Waals surface area (Å²) in [5.74, 6) is -0.582. The number of nitrogens with zero attached hydrogens (tertiary/aromatic N) is 3. The molecular weight excluding hydrogens is 498 g/mol. The van der Waals surface area contributed by atoms with Crippen LogP contribution in [0.5, 0.6) is 5.75 Å². The minimum atomic E-state index is -0.480. The SMILES string of the molecule is C[C@@H]1CN([C@H](C)CO)C(=O)c2cccc(NC(=O)c3ccncc3)c2O[C@@H]1CN(C)C(=O)NC1CCCCC1. The smallest absolute Gasteiger partial charge is 0.317 e. The van der Waals surface area contributed by atoms with Crippen LogP contribution >= 0.6 is 0 Å². The first kappa shape index (κ1) is 28.4. The second-order valence-corrected chi connectivity index (χ2v) is 10.7. The van der Waals surface area contributed by atoms with Gasteiger partial charge in [0.1, 0.15) is 6.10 Å². The summed E-state index contributed by atoms with van der Waals surface area (Å²) < 4.78 is 6.50. The summed E-state index contributed by atoms with van der Waals surface area (Å²) in [4.78, 5) is 46.9. The van der Waals surface area contributed by atoms with Gasteiger partial charge in [0.2, 0.25) is 0 Å². The molecule has 2 aliphatic rings. The van der Waals surface area contributed by atoms with Gasteiger partial charge in [-0.3, -0.25) is 14.6 Å². The second-order valence-electron chi connectivity index (χ2n) is 10.7. The number of carbonyl (C=O) groups excluding carboxylic acids is 3. The van der Waals surface area contributed by atoms with E-state index in [0.717, 1.165) is 25.7 Å². The van der Waals surface area contributed by atoms with Crippen LogP contribution in [0.15, 0.2) is 42.7 Å². The van der Waals surface area contributed by atoms with E-state index in [-0.39, 0.29) is 54.3 Å². The Kier molecular flexibility index (Phi) is 9.40. The van der Waals surface area contributed by atoms with Gasteiger partial charge >= 0.3 is 6.03 Å². The van der Waals surface area contributed by atoms with Crippen molar-refractivity contribution in [2.24, 2.45) is 5.92 Å². The fourth-order valence-corrected chi connectivity index (χ4v) is 5.14. The van der Waals surface area contributed by atoms with E-state index in [0.29, 0.717) is 17.8 Å². The first-order valence-electron chi connectivity index (χ1n) is 13.7. The topological polar surface area (TPSA) is 124 Å². The first-order valence-corrected chi connectivity index (χ1v) is 13.7. The van der Waals surface area contributed by atoms with E-state index in [9.17, 15) is 19.5 Å². The highest BCUT2D eigenvalue weighted by Crippen LogP contribution is 2.35. The minimum absolute atomic E-state index is 0.157. The zero-order valence-electron chi connectivity index (χ0n) is 22.9. The van der Waals surface area contributed by atoms with Crippen LogP contribution in [0.1, 0.15) is 66.7 Å². The molecule has 3 atom stereocenters. The number of hydrogen-bond donors (Lipinski definition) is 3. The molecule has 4 amide bonds. The van der Waals surface area contributed by atoms with Crippen molar-refractivity contribution in [3.8, 4) is 5.75 Å². The van der Waals surface area contributed by atoms with Gasteiger partial charge in [-0.25, -0.2) is 4.79 Å². The molecular formula is C29H39N5O5. The van der Waals surface area contributed by atoms with Crippen LogP contribution < -0.4 is 15.4 Å². The van der Waals surface area contributed by atoms with Crippen LogP contribution in [-0.4, -0.2) is 82.7 Å². The summed E-state index contributed by atoms with van der Waals surface area (Å²) in [6.07, 6.45) is 8.00. The molecule has 10 heteroatoms. The number of likely N-dealkylation sites (N-methyl/N-ethyl adjacent to an activating group) is 1. The molecule has 4 rings (SSSR count). The quantitative estimate of drug-likeness (QED) is 0.497. The summed E-state index contributed by atoms with van der Waals surface area (Å²) >= 11 is 0. The molecule has 210 valence electrons. The Labute approximate surface area is 229 Å². The predicted octanol–water partition coefficient (Wildman–Crippen LogP) is 3.53. The zero-order valence-corrected chi connectivity index (χ0v) is 22.9. The standard InChI is InChI=1S/C29H39N5O5/c1-19-16-34(20(2)18-35)28(37)23-10-7-11-24(32-27(36)21-12-14-30-15-13-21)26(23)39-25(19)17-33(3)29(38)31-22-8-5-4-6-9-22/h7,10-15,19-20,22,25,35H,4-6,8-9,16-18H2,1-3H3,(H,31,38)(H,32,36)/t19-,20-,25-/m1/s1. The Balaban J connectivity index is 1.62. The molecule has 1 aliphatic carbocycles. The van der Waals surface area contributed by atoms with E-state index in [1.165, 1.54) is 18.8 Å². The molecule has 1 aliphatic heterocycles. The van der Waals surface area contributed by atoms with E-state index in [2.05, 4.69) is 15.6 Å². The number of fused-ring (bicyclic) bond motifs is 1.